The molecule has 3 nitrogen and oxygen atoms in total. The Hall–Kier alpha value is 0.0969. The molecule has 0 aliphatic carbocycles. The van der Waals surface area contributed by atoms with Crippen molar-refractivity contribution >= 4 is 8.32 Å². The van der Waals surface area contributed by atoms with Crippen molar-refractivity contribution in [2.45, 2.75) is 45.2 Å². The lowest BCUT2D eigenvalue weighted by atomic mass is 10.4. The molecule has 0 saturated heterocycles. The number of nitrogens with one attached hydrogen (secondary N) is 1. The predicted octanol–water partition coefficient (Wildman–Crippen LogP) is 1.05. The zero-order valence-electron chi connectivity index (χ0n) is 8.85. The van der Waals surface area contributed by atoms with E-state index >= 15 is 0 Å². The summed E-state index contributed by atoms with van der Waals surface area (Å²) < 4.78 is 5.51. The van der Waals surface area contributed by atoms with Gasteiger partial charge in [0.05, 0.1) is 6.17 Å². The number of hydrogen-bond donors (Lipinski definition) is 2. The van der Waals surface area contributed by atoms with Crippen molar-refractivity contribution in [2.24, 2.45) is 5.73 Å². The minimum atomic E-state index is -1.56. The predicted molar refractivity (Wildman–Crippen MR) is 55.4 cm³/mol. The molecule has 2 atom stereocenters. The Labute approximate surface area is 76.8 Å². The molecule has 74 valence electrons. The van der Waals surface area contributed by atoms with E-state index in [2.05, 4.69) is 25.3 Å². The normalized spacial score (nSPS) is 17.5. The van der Waals surface area contributed by atoms with Crippen LogP contribution in [0.4, 0.5) is 0 Å². The molecular formula is C8H22N2OSi. The van der Waals surface area contributed by atoms with E-state index in [1.807, 2.05) is 6.92 Å². The van der Waals surface area contributed by atoms with Gasteiger partial charge in [-0.1, -0.05) is 6.92 Å². The maximum atomic E-state index is 5.68. The summed E-state index contributed by atoms with van der Waals surface area (Å²) in [6, 6.07) is 0. The second-order valence-electron chi connectivity index (χ2n) is 3.72. The summed E-state index contributed by atoms with van der Waals surface area (Å²) in [5, 5.41) is 3.34. The molecule has 0 radical (unpaired) electrons. The molecular weight excluding hydrogens is 168 g/mol. The highest BCUT2D eigenvalue weighted by Crippen LogP contribution is 2.11. The molecule has 0 saturated carbocycles. The molecule has 2 unspecified atom stereocenters. The highest BCUT2D eigenvalue weighted by Gasteiger charge is 2.31. The van der Waals surface area contributed by atoms with E-state index in [4.69, 9.17) is 10.2 Å². The van der Waals surface area contributed by atoms with Crippen LogP contribution in [0.5, 0.6) is 0 Å². The molecule has 0 rings (SSSR count). The van der Waals surface area contributed by atoms with Crippen molar-refractivity contribution in [3.8, 4) is 0 Å². The van der Waals surface area contributed by atoms with E-state index in [-0.39, 0.29) is 6.17 Å². The molecule has 12 heavy (non-hydrogen) atoms. The summed E-state index contributed by atoms with van der Waals surface area (Å²) in [4.78, 5) is 0. The van der Waals surface area contributed by atoms with Gasteiger partial charge in [0.1, 0.15) is 0 Å². The van der Waals surface area contributed by atoms with Crippen LogP contribution >= 0.6 is 0 Å². The van der Waals surface area contributed by atoms with E-state index in [0.717, 1.165) is 6.42 Å². The van der Waals surface area contributed by atoms with E-state index in [0.29, 0.717) is 5.67 Å². The zero-order valence-corrected chi connectivity index (χ0v) is 9.85. The third-order valence-corrected chi connectivity index (χ3v) is 5.54. The topological polar surface area (TPSA) is 47.3 Å². The fraction of sp³-hybridized carbons (Fsp3) is 1.00. The van der Waals surface area contributed by atoms with Gasteiger partial charge in [0.2, 0.25) is 8.32 Å². The second kappa shape index (κ2) is 4.96. The number of hydrogen-bond acceptors (Lipinski definition) is 3. The number of nitrogens with two attached hydrogens (primary N) is 1. The summed E-state index contributed by atoms with van der Waals surface area (Å²) >= 11 is 0. The first kappa shape index (κ1) is 12.1. The summed E-state index contributed by atoms with van der Waals surface area (Å²) in [6.07, 6.45) is 1.13. The first-order chi connectivity index (χ1) is 5.44. The SMILES string of the molecule is CCC(NC(C)N)[Si](C)(C)OC. The Bertz CT molecular complexity index is 128. The Morgan fingerprint density at radius 2 is 2.00 bits per heavy atom. The van der Waals surface area contributed by atoms with Gasteiger partial charge in [-0.3, -0.25) is 5.32 Å². The van der Waals surface area contributed by atoms with E-state index in [1.165, 1.54) is 0 Å². The Morgan fingerprint density at radius 3 is 2.25 bits per heavy atom. The summed E-state index contributed by atoms with van der Waals surface area (Å²) in [7, 11) is 0.229. The molecule has 0 aromatic rings. The fourth-order valence-electron chi connectivity index (χ4n) is 1.27. The van der Waals surface area contributed by atoms with Crippen LogP contribution in [0.1, 0.15) is 20.3 Å². The highest BCUT2D eigenvalue weighted by molar-refractivity contribution is 6.72. The van der Waals surface area contributed by atoms with Crippen molar-refractivity contribution in [2.75, 3.05) is 7.11 Å². The lowest BCUT2D eigenvalue weighted by molar-refractivity contribution is 0.367. The average Bonchev–Trinajstić information content (AvgIpc) is 1.99. The van der Waals surface area contributed by atoms with Crippen molar-refractivity contribution in [3.05, 3.63) is 0 Å². The molecule has 4 heteroatoms. The Balaban J connectivity index is 4.13. The van der Waals surface area contributed by atoms with Gasteiger partial charge < -0.3 is 10.2 Å². The van der Waals surface area contributed by atoms with Crippen molar-refractivity contribution < 1.29 is 4.43 Å². The molecule has 0 fully saturated rings. The molecule has 0 aromatic carbocycles. The van der Waals surface area contributed by atoms with Crippen LogP contribution in [-0.4, -0.2) is 27.3 Å². The van der Waals surface area contributed by atoms with Crippen LogP contribution in [-0.2, 0) is 4.43 Å². The minimum absolute atomic E-state index is 0.0527. The van der Waals surface area contributed by atoms with Gasteiger partial charge >= 0.3 is 0 Å². The maximum Gasteiger partial charge on any atom is 0.202 e. The summed E-state index contributed by atoms with van der Waals surface area (Å²) in [5.41, 5.74) is 6.12. The van der Waals surface area contributed by atoms with E-state index in [1.54, 1.807) is 7.11 Å². The lowest BCUT2D eigenvalue weighted by Gasteiger charge is -2.32. The van der Waals surface area contributed by atoms with Crippen molar-refractivity contribution in [3.63, 3.8) is 0 Å². The molecule has 0 aromatic heterocycles. The van der Waals surface area contributed by atoms with Crippen LogP contribution in [0.25, 0.3) is 0 Å². The average molecular weight is 190 g/mol. The standard InChI is InChI=1S/C8H22N2OSi/c1-6-8(10-7(2)9)12(4,5)11-3/h7-8,10H,6,9H2,1-5H3. The zero-order chi connectivity index (χ0) is 9.78. The van der Waals surface area contributed by atoms with Crippen molar-refractivity contribution in [1.29, 1.82) is 0 Å². The van der Waals surface area contributed by atoms with Crippen LogP contribution in [0.2, 0.25) is 13.1 Å². The molecule has 0 amide bonds. The first-order valence-corrected chi connectivity index (χ1v) is 7.49. The lowest BCUT2D eigenvalue weighted by Crippen LogP contribution is -2.56. The van der Waals surface area contributed by atoms with Gasteiger partial charge in [0, 0.05) is 12.8 Å². The van der Waals surface area contributed by atoms with Gasteiger partial charge in [0.25, 0.3) is 0 Å². The van der Waals surface area contributed by atoms with E-state index in [9.17, 15) is 0 Å². The van der Waals surface area contributed by atoms with Crippen LogP contribution in [0, 0.1) is 0 Å². The van der Waals surface area contributed by atoms with Crippen LogP contribution < -0.4 is 11.1 Å². The Morgan fingerprint density at radius 1 is 1.50 bits per heavy atom. The van der Waals surface area contributed by atoms with Gasteiger partial charge in [0.15, 0.2) is 0 Å². The minimum Gasteiger partial charge on any atom is -0.419 e. The third kappa shape index (κ3) is 3.67. The molecule has 0 aliphatic rings. The van der Waals surface area contributed by atoms with Gasteiger partial charge in [-0.2, -0.15) is 0 Å². The van der Waals surface area contributed by atoms with Gasteiger partial charge in [-0.25, -0.2) is 0 Å². The molecule has 0 bridgehead atoms. The largest absolute Gasteiger partial charge is 0.419 e. The van der Waals surface area contributed by atoms with Crippen LogP contribution in [0.15, 0.2) is 0 Å². The van der Waals surface area contributed by atoms with Gasteiger partial charge in [-0.15, -0.1) is 0 Å². The van der Waals surface area contributed by atoms with E-state index < -0.39 is 8.32 Å². The maximum absolute atomic E-state index is 5.68. The quantitative estimate of drug-likeness (QED) is 0.503. The second-order valence-corrected chi connectivity index (χ2v) is 8.04. The third-order valence-electron chi connectivity index (χ3n) is 2.24. The molecule has 0 aliphatic heterocycles. The molecule has 3 N–H and O–H groups in total. The smallest absolute Gasteiger partial charge is 0.202 e. The Kier molecular flexibility index (Phi) is 5.00. The van der Waals surface area contributed by atoms with Gasteiger partial charge in [-0.05, 0) is 26.4 Å². The highest BCUT2D eigenvalue weighted by atomic mass is 28.4. The van der Waals surface area contributed by atoms with Crippen molar-refractivity contribution in [1.82, 2.24) is 5.32 Å². The molecule has 0 heterocycles. The fourth-order valence-corrected chi connectivity index (χ4v) is 3.20. The summed E-state index contributed by atoms with van der Waals surface area (Å²) in [6.45, 7) is 8.53. The molecule has 0 spiro atoms. The monoisotopic (exact) mass is 190 g/mol. The summed E-state index contributed by atoms with van der Waals surface area (Å²) in [5.74, 6) is 0. The first-order valence-electron chi connectivity index (χ1n) is 4.50. The number of rotatable bonds is 5. The van der Waals surface area contributed by atoms with Crippen LogP contribution in [0.3, 0.4) is 0 Å².